The number of hydrogen-bond acceptors (Lipinski definition) is 4. The van der Waals surface area contributed by atoms with E-state index in [0.717, 1.165) is 12.8 Å². The summed E-state index contributed by atoms with van der Waals surface area (Å²) in [6.07, 6.45) is 1.60. The minimum atomic E-state index is -0.448. The van der Waals surface area contributed by atoms with Crippen LogP contribution in [0.1, 0.15) is 23.2 Å². The highest BCUT2D eigenvalue weighted by Crippen LogP contribution is 2.39. The fraction of sp³-hybridized carbons (Fsp3) is 0.462. The molecule has 0 saturated heterocycles. The molecule has 0 unspecified atom stereocenters. The highest BCUT2D eigenvalue weighted by molar-refractivity contribution is 6.32. The minimum Gasteiger partial charge on any atom is -0.486 e. The molecule has 1 aromatic rings. The van der Waals surface area contributed by atoms with E-state index in [2.05, 4.69) is 5.32 Å². The Balaban J connectivity index is 1.84. The minimum absolute atomic E-state index is 0.0446. The smallest absolute Gasteiger partial charge is 0.251 e. The third-order valence-electron chi connectivity index (χ3n) is 3.39. The van der Waals surface area contributed by atoms with Crippen molar-refractivity contribution in [2.45, 2.75) is 18.4 Å². The van der Waals surface area contributed by atoms with Gasteiger partial charge in [0.2, 0.25) is 0 Å². The number of aliphatic hydroxyl groups is 1. The zero-order valence-electron chi connectivity index (χ0n) is 10.2. The molecule has 5 nitrogen and oxygen atoms in total. The molecule has 0 atom stereocenters. The van der Waals surface area contributed by atoms with E-state index in [1.54, 1.807) is 12.1 Å². The molecule has 6 heteroatoms. The van der Waals surface area contributed by atoms with E-state index in [1.807, 2.05) is 0 Å². The van der Waals surface area contributed by atoms with Crippen molar-refractivity contribution in [1.82, 2.24) is 5.32 Å². The molecule has 2 aliphatic rings. The van der Waals surface area contributed by atoms with Gasteiger partial charge in [-0.1, -0.05) is 11.6 Å². The summed E-state index contributed by atoms with van der Waals surface area (Å²) in [5.74, 6) is 0.705. The molecule has 1 heterocycles. The van der Waals surface area contributed by atoms with Crippen LogP contribution in [0.5, 0.6) is 11.5 Å². The van der Waals surface area contributed by atoms with Gasteiger partial charge < -0.3 is 19.9 Å². The van der Waals surface area contributed by atoms with Crippen LogP contribution in [-0.4, -0.2) is 36.4 Å². The van der Waals surface area contributed by atoms with E-state index in [0.29, 0.717) is 35.3 Å². The topological polar surface area (TPSA) is 67.8 Å². The predicted molar refractivity (Wildman–Crippen MR) is 69.0 cm³/mol. The van der Waals surface area contributed by atoms with Gasteiger partial charge in [0, 0.05) is 5.56 Å². The van der Waals surface area contributed by atoms with E-state index in [9.17, 15) is 9.90 Å². The fourth-order valence-corrected chi connectivity index (χ4v) is 2.29. The van der Waals surface area contributed by atoms with Crippen LogP contribution in [0.3, 0.4) is 0 Å². The SMILES string of the molecule is O=C(NC1(CO)CC1)c1cc(Cl)c2c(c1)OCCO2. The molecule has 0 aromatic heterocycles. The number of fused-ring (bicyclic) bond motifs is 1. The zero-order chi connectivity index (χ0) is 13.5. The Hall–Kier alpha value is -1.46. The average Bonchev–Trinajstić information content (AvgIpc) is 3.19. The Kier molecular flexibility index (Phi) is 3.03. The lowest BCUT2D eigenvalue weighted by Crippen LogP contribution is -2.39. The third kappa shape index (κ3) is 2.35. The van der Waals surface area contributed by atoms with Gasteiger partial charge in [0.25, 0.3) is 5.91 Å². The van der Waals surface area contributed by atoms with Crippen molar-refractivity contribution in [2.75, 3.05) is 19.8 Å². The second-order valence-electron chi connectivity index (χ2n) is 4.87. The molecule has 2 N–H and O–H groups in total. The molecule has 1 aliphatic heterocycles. The van der Waals surface area contributed by atoms with Crippen molar-refractivity contribution in [3.05, 3.63) is 22.7 Å². The number of carbonyl (C=O) groups is 1. The van der Waals surface area contributed by atoms with Crippen LogP contribution < -0.4 is 14.8 Å². The van der Waals surface area contributed by atoms with Crippen molar-refractivity contribution >= 4 is 17.5 Å². The molecule has 3 rings (SSSR count). The standard InChI is InChI=1S/C13H14ClNO4/c14-9-5-8(6-10-11(9)19-4-3-18-10)12(17)15-13(7-16)1-2-13/h5-6,16H,1-4,7H2,(H,15,17). The van der Waals surface area contributed by atoms with Crippen molar-refractivity contribution in [2.24, 2.45) is 0 Å². The van der Waals surface area contributed by atoms with Crippen LogP contribution in [0.2, 0.25) is 5.02 Å². The molecular weight excluding hydrogens is 270 g/mol. The van der Waals surface area contributed by atoms with Crippen LogP contribution in [0, 0.1) is 0 Å². The first-order valence-electron chi connectivity index (χ1n) is 6.16. The third-order valence-corrected chi connectivity index (χ3v) is 3.67. The number of benzene rings is 1. The molecule has 102 valence electrons. The summed E-state index contributed by atoms with van der Waals surface area (Å²) in [6.45, 7) is 0.845. The molecule has 0 spiro atoms. The van der Waals surface area contributed by atoms with Gasteiger partial charge in [0.05, 0.1) is 17.2 Å². The molecule has 1 aromatic carbocycles. The first-order valence-corrected chi connectivity index (χ1v) is 6.54. The summed E-state index contributed by atoms with van der Waals surface area (Å²) in [5, 5.41) is 12.4. The molecule has 19 heavy (non-hydrogen) atoms. The molecule has 1 aliphatic carbocycles. The van der Waals surface area contributed by atoms with Crippen molar-refractivity contribution < 1.29 is 19.4 Å². The van der Waals surface area contributed by atoms with Gasteiger partial charge in [0.15, 0.2) is 11.5 Å². The molecule has 1 fully saturated rings. The normalized spacial score (nSPS) is 18.8. The maximum absolute atomic E-state index is 12.1. The first-order chi connectivity index (χ1) is 9.13. The van der Waals surface area contributed by atoms with Gasteiger partial charge in [-0.05, 0) is 25.0 Å². The molecule has 0 bridgehead atoms. The number of hydrogen-bond donors (Lipinski definition) is 2. The predicted octanol–water partition coefficient (Wildman–Crippen LogP) is 1.37. The molecular formula is C13H14ClNO4. The molecule has 0 radical (unpaired) electrons. The van der Waals surface area contributed by atoms with Gasteiger partial charge in [-0.25, -0.2) is 0 Å². The maximum Gasteiger partial charge on any atom is 0.251 e. The molecule has 1 amide bonds. The number of rotatable bonds is 3. The largest absolute Gasteiger partial charge is 0.486 e. The average molecular weight is 284 g/mol. The van der Waals surface area contributed by atoms with Crippen LogP contribution in [0.4, 0.5) is 0 Å². The Morgan fingerprint density at radius 3 is 2.79 bits per heavy atom. The van der Waals surface area contributed by atoms with E-state index >= 15 is 0 Å². The van der Waals surface area contributed by atoms with E-state index in [1.165, 1.54) is 0 Å². The fourth-order valence-electron chi connectivity index (χ4n) is 2.03. The number of aliphatic hydroxyl groups excluding tert-OH is 1. The van der Waals surface area contributed by atoms with Crippen LogP contribution >= 0.6 is 11.6 Å². The monoisotopic (exact) mass is 283 g/mol. The number of amides is 1. The second kappa shape index (κ2) is 4.58. The van der Waals surface area contributed by atoms with E-state index in [4.69, 9.17) is 21.1 Å². The van der Waals surface area contributed by atoms with Crippen molar-refractivity contribution in [3.8, 4) is 11.5 Å². The Labute approximate surface area is 115 Å². The van der Waals surface area contributed by atoms with Gasteiger partial charge in [0.1, 0.15) is 13.2 Å². The number of halogens is 1. The summed E-state index contributed by atoms with van der Waals surface area (Å²) in [5.41, 5.74) is -0.0365. The van der Waals surface area contributed by atoms with Gasteiger partial charge in [-0.3, -0.25) is 4.79 Å². The maximum atomic E-state index is 12.1. The number of nitrogens with one attached hydrogen (secondary N) is 1. The highest BCUT2D eigenvalue weighted by atomic mass is 35.5. The van der Waals surface area contributed by atoms with E-state index in [-0.39, 0.29) is 12.5 Å². The lowest BCUT2D eigenvalue weighted by atomic mass is 10.1. The first kappa shape index (κ1) is 12.6. The Morgan fingerprint density at radius 1 is 1.37 bits per heavy atom. The van der Waals surface area contributed by atoms with Crippen molar-refractivity contribution in [3.63, 3.8) is 0 Å². The highest BCUT2D eigenvalue weighted by Gasteiger charge is 2.43. The van der Waals surface area contributed by atoms with Crippen LogP contribution in [-0.2, 0) is 0 Å². The lowest BCUT2D eigenvalue weighted by Gasteiger charge is -2.21. The lowest BCUT2D eigenvalue weighted by molar-refractivity contribution is 0.0905. The van der Waals surface area contributed by atoms with Crippen LogP contribution in [0.25, 0.3) is 0 Å². The second-order valence-corrected chi connectivity index (χ2v) is 5.28. The van der Waals surface area contributed by atoms with Crippen LogP contribution in [0.15, 0.2) is 12.1 Å². The molecule has 1 saturated carbocycles. The summed E-state index contributed by atoms with van der Waals surface area (Å²) in [4.78, 5) is 12.1. The van der Waals surface area contributed by atoms with Gasteiger partial charge in [-0.15, -0.1) is 0 Å². The van der Waals surface area contributed by atoms with Crippen molar-refractivity contribution in [1.29, 1.82) is 0 Å². The van der Waals surface area contributed by atoms with Gasteiger partial charge in [-0.2, -0.15) is 0 Å². The van der Waals surface area contributed by atoms with E-state index < -0.39 is 5.54 Å². The van der Waals surface area contributed by atoms with Gasteiger partial charge >= 0.3 is 0 Å². The Bertz CT molecular complexity index is 528. The summed E-state index contributed by atoms with van der Waals surface area (Å²) < 4.78 is 10.8. The summed E-state index contributed by atoms with van der Waals surface area (Å²) in [6, 6.07) is 3.17. The quantitative estimate of drug-likeness (QED) is 0.879. The summed E-state index contributed by atoms with van der Waals surface area (Å²) >= 11 is 6.08. The summed E-state index contributed by atoms with van der Waals surface area (Å²) in [7, 11) is 0. The Morgan fingerprint density at radius 2 is 2.11 bits per heavy atom. The number of ether oxygens (including phenoxy) is 2. The number of carbonyl (C=O) groups excluding carboxylic acids is 1. The zero-order valence-corrected chi connectivity index (χ0v) is 11.0.